The van der Waals surface area contributed by atoms with Crippen molar-refractivity contribution in [2.45, 2.75) is 386 Å². The summed E-state index contributed by atoms with van der Waals surface area (Å²) in [5, 5.41) is 23.3. The Labute approximate surface area is 462 Å². The summed E-state index contributed by atoms with van der Waals surface area (Å²) in [6, 6.07) is -0.540. The van der Waals surface area contributed by atoms with Crippen molar-refractivity contribution in [1.29, 1.82) is 0 Å². The van der Waals surface area contributed by atoms with Gasteiger partial charge in [0.05, 0.1) is 25.4 Å². The summed E-state index contributed by atoms with van der Waals surface area (Å²) in [6.45, 7) is 4.97. The zero-order valence-electron chi connectivity index (χ0n) is 50.1. The topological polar surface area (TPSA) is 95.9 Å². The van der Waals surface area contributed by atoms with Crippen molar-refractivity contribution in [3.63, 3.8) is 0 Å². The number of nitrogens with one attached hydrogen (secondary N) is 1. The number of esters is 1. The van der Waals surface area contributed by atoms with Crippen molar-refractivity contribution in [3.8, 4) is 0 Å². The van der Waals surface area contributed by atoms with E-state index in [2.05, 4.69) is 43.5 Å². The van der Waals surface area contributed by atoms with Crippen LogP contribution >= 0.6 is 0 Å². The number of allylic oxidation sites excluding steroid dienone is 4. The quantitative estimate of drug-likeness (QED) is 0.0320. The van der Waals surface area contributed by atoms with Gasteiger partial charge in [-0.1, -0.05) is 327 Å². The van der Waals surface area contributed by atoms with Gasteiger partial charge in [0.25, 0.3) is 0 Å². The Morgan fingerprint density at radius 2 is 0.676 bits per heavy atom. The number of rotatable bonds is 63. The lowest BCUT2D eigenvalue weighted by atomic mass is 10.0. The zero-order chi connectivity index (χ0) is 53.6. The monoisotopic (exact) mass is 1040 g/mol. The smallest absolute Gasteiger partial charge is 0.305 e. The molecule has 3 N–H and O–H groups in total. The van der Waals surface area contributed by atoms with Crippen molar-refractivity contribution < 1.29 is 24.5 Å². The second-order valence-electron chi connectivity index (χ2n) is 23.2. The van der Waals surface area contributed by atoms with Gasteiger partial charge in [0, 0.05) is 12.8 Å². The average Bonchev–Trinajstić information content (AvgIpc) is 3.40. The molecule has 0 bridgehead atoms. The summed E-state index contributed by atoms with van der Waals surface area (Å²) in [4.78, 5) is 24.5. The van der Waals surface area contributed by atoms with Gasteiger partial charge in [-0.25, -0.2) is 0 Å². The molecule has 2 atom stereocenters. The number of carbonyl (C=O) groups excluding carboxylic acids is 2. The number of carbonyl (C=O) groups is 2. The van der Waals surface area contributed by atoms with Crippen molar-refractivity contribution in [2.24, 2.45) is 0 Å². The lowest BCUT2D eigenvalue weighted by Gasteiger charge is -2.22. The van der Waals surface area contributed by atoms with E-state index in [0.29, 0.717) is 25.9 Å². The molecule has 0 aromatic rings. The first-order valence-corrected chi connectivity index (χ1v) is 33.6. The van der Waals surface area contributed by atoms with Crippen LogP contribution in [0.3, 0.4) is 0 Å². The first-order valence-electron chi connectivity index (χ1n) is 33.6. The highest BCUT2D eigenvalue weighted by atomic mass is 16.5. The summed E-state index contributed by atoms with van der Waals surface area (Å²) in [5.74, 6) is -0.0185. The van der Waals surface area contributed by atoms with E-state index < -0.39 is 12.1 Å². The Hall–Kier alpha value is -1.66. The first-order chi connectivity index (χ1) is 36.5. The van der Waals surface area contributed by atoms with E-state index in [4.69, 9.17) is 4.74 Å². The van der Waals surface area contributed by atoms with Gasteiger partial charge in [-0.3, -0.25) is 9.59 Å². The van der Waals surface area contributed by atoms with Gasteiger partial charge in [-0.2, -0.15) is 0 Å². The SMILES string of the molecule is CCCCCCCCCCCCCCCCCC(O)C(CO)NC(=O)CCCCCCCCCCCCCCCCC/C=C\C/C=C\CCCCCCCCCCCOC(=O)CCCCCCCCCCCCC. The normalized spacial score (nSPS) is 12.6. The van der Waals surface area contributed by atoms with Crippen LogP contribution in [0.25, 0.3) is 0 Å². The molecule has 0 aliphatic rings. The summed E-state index contributed by atoms with van der Waals surface area (Å²) in [6.07, 6.45) is 79.3. The van der Waals surface area contributed by atoms with E-state index in [1.165, 1.54) is 295 Å². The predicted octanol–water partition coefficient (Wildman–Crippen LogP) is 21.4. The van der Waals surface area contributed by atoms with E-state index in [9.17, 15) is 19.8 Å². The third kappa shape index (κ3) is 59.6. The maximum Gasteiger partial charge on any atom is 0.305 e. The van der Waals surface area contributed by atoms with Gasteiger partial charge in [-0.15, -0.1) is 0 Å². The lowest BCUT2D eigenvalue weighted by molar-refractivity contribution is -0.143. The minimum Gasteiger partial charge on any atom is -0.466 e. The number of amides is 1. The Balaban J connectivity index is 3.39. The van der Waals surface area contributed by atoms with E-state index >= 15 is 0 Å². The van der Waals surface area contributed by atoms with E-state index in [1.807, 2.05) is 0 Å². The van der Waals surface area contributed by atoms with Crippen molar-refractivity contribution in [3.05, 3.63) is 24.3 Å². The Kier molecular flexibility index (Phi) is 62.4. The average molecular weight is 1040 g/mol. The largest absolute Gasteiger partial charge is 0.466 e. The van der Waals surface area contributed by atoms with Gasteiger partial charge in [0.15, 0.2) is 0 Å². The molecule has 0 saturated heterocycles. The van der Waals surface area contributed by atoms with Gasteiger partial charge in [-0.05, 0) is 57.8 Å². The maximum atomic E-state index is 12.5. The van der Waals surface area contributed by atoms with Gasteiger partial charge in [0.1, 0.15) is 0 Å². The van der Waals surface area contributed by atoms with Crippen LogP contribution in [-0.4, -0.2) is 47.4 Å². The van der Waals surface area contributed by atoms with E-state index in [0.717, 1.165) is 44.9 Å². The number of unbranched alkanes of at least 4 members (excludes halogenated alkanes) is 48. The molecule has 0 aliphatic carbocycles. The molecule has 0 heterocycles. The number of aliphatic hydroxyl groups is 2. The predicted molar refractivity (Wildman–Crippen MR) is 324 cm³/mol. The van der Waals surface area contributed by atoms with Crippen LogP contribution in [0.2, 0.25) is 0 Å². The second kappa shape index (κ2) is 63.9. The number of ether oxygens (including phenoxy) is 1. The number of aliphatic hydroxyl groups excluding tert-OH is 2. The minimum atomic E-state index is -0.663. The molecule has 0 saturated carbocycles. The van der Waals surface area contributed by atoms with E-state index in [-0.39, 0.29) is 18.5 Å². The molecule has 0 spiro atoms. The molecular formula is C68H131NO5. The highest BCUT2D eigenvalue weighted by Crippen LogP contribution is 2.18. The van der Waals surface area contributed by atoms with Crippen LogP contribution in [0.4, 0.5) is 0 Å². The van der Waals surface area contributed by atoms with Crippen LogP contribution in [0, 0.1) is 0 Å². The van der Waals surface area contributed by atoms with Crippen LogP contribution < -0.4 is 5.32 Å². The maximum absolute atomic E-state index is 12.5. The van der Waals surface area contributed by atoms with Crippen LogP contribution in [0.15, 0.2) is 24.3 Å². The molecule has 0 radical (unpaired) electrons. The third-order valence-electron chi connectivity index (χ3n) is 15.8. The fraction of sp³-hybridized carbons (Fsp3) is 0.912. The Morgan fingerprint density at radius 1 is 0.378 bits per heavy atom. The molecule has 1 amide bonds. The van der Waals surface area contributed by atoms with Gasteiger partial charge < -0.3 is 20.3 Å². The summed E-state index contributed by atoms with van der Waals surface area (Å²) in [5.41, 5.74) is 0. The molecule has 0 rings (SSSR count). The standard InChI is InChI=1S/C68H131NO5/c1-3-5-7-9-11-13-15-16-34-37-41-44-48-52-56-60-66(71)65(64-70)69-67(72)61-57-53-49-45-42-38-35-32-30-28-26-24-22-20-18-17-19-21-23-25-27-29-31-33-36-39-43-47-51-55-59-63-74-68(73)62-58-54-50-46-40-14-12-10-8-6-4-2/h19,21,25,27,65-66,70-71H,3-18,20,22-24,26,28-64H2,1-2H3,(H,69,72)/b21-19-,27-25-. The molecule has 438 valence electrons. The van der Waals surface area contributed by atoms with E-state index in [1.54, 1.807) is 0 Å². The fourth-order valence-electron chi connectivity index (χ4n) is 10.6. The molecular weight excluding hydrogens is 911 g/mol. The summed E-state index contributed by atoms with van der Waals surface area (Å²) < 4.78 is 5.47. The fourth-order valence-corrected chi connectivity index (χ4v) is 10.6. The van der Waals surface area contributed by atoms with Crippen molar-refractivity contribution in [2.75, 3.05) is 13.2 Å². The Morgan fingerprint density at radius 3 is 1.03 bits per heavy atom. The minimum absolute atomic E-state index is 0.0133. The molecule has 2 unspecified atom stereocenters. The summed E-state index contributed by atoms with van der Waals surface area (Å²) in [7, 11) is 0. The molecule has 74 heavy (non-hydrogen) atoms. The van der Waals surface area contributed by atoms with Crippen molar-refractivity contribution in [1.82, 2.24) is 5.32 Å². The Bertz CT molecular complexity index is 1150. The molecule has 0 aromatic heterocycles. The van der Waals surface area contributed by atoms with Crippen LogP contribution in [0.5, 0.6) is 0 Å². The van der Waals surface area contributed by atoms with Crippen LogP contribution in [-0.2, 0) is 14.3 Å². The highest BCUT2D eigenvalue weighted by molar-refractivity contribution is 5.76. The molecule has 6 nitrogen and oxygen atoms in total. The molecule has 0 aromatic carbocycles. The highest BCUT2D eigenvalue weighted by Gasteiger charge is 2.20. The second-order valence-corrected chi connectivity index (χ2v) is 23.2. The zero-order valence-corrected chi connectivity index (χ0v) is 50.1. The number of hydrogen-bond donors (Lipinski definition) is 3. The molecule has 6 heteroatoms. The first kappa shape index (κ1) is 72.3. The third-order valence-corrected chi connectivity index (χ3v) is 15.8. The molecule has 0 fully saturated rings. The van der Waals surface area contributed by atoms with Gasteiger partial charge in [0.2, 0.25) is 5.91 Å². The van der Waals surface area contributed by atoms with Crippen molar-refractivity contribution >= 4 is 11.9 Å². The van der Waals surface area contributed by atoms with Crippen LogP contribution in [0.1, 0.15) is 373 Å². The number of hydrogen-bond acceptors (Lipinski definition) is 5. The molecule has 0 aliphatic heterocycles. The van der Waals surface area contributed by atoms with Gasteiger partial charge >= 0.3 is 5.97 Å². The lowest BCUT2D eigenvalue weighted by Crippen LogP contribution is -2.45. The summed E-state index contributed by atoms with van der Waals surface area (Å²) >= 11 is 0.